The lowest BCUT2D eigenvalue weighted by Crippen LogP contribution is -1.97. The lowest BCUT2D eigenvalue weighted by Gasteiger charge is -2.07. The molecule has 4 heteroatoms. The Morgan fingerprint density at radius 1 is 1.12 bits per heavy atom. The van der Waals surface area contributed by atoms with E-state index in [0.29, 0.717) is 11.2 Å². The standard InChI is InChI=1S/C13H12BrNO2/c14-13-12(2-1-7-15-13)17-9-11-5-3-10(8-16)4-6-11/h1-7,16H,8-9H2. The van der Waals surface area contributed by atoms with Crippen LogP contribution in [0.25, 0.3) is 0 Å². The van der Waals surface area contributed by atoms with Crippen LogP contribution in [0.1, 0.15) is 11.1 Å². The van der Waals surface area contributed by atoms with Crippen molar-refractivity contribution in [1.29, 1.82) is 0 Å². The molecule has 0 spiro atoms. The van der Waals surface area contributed by atoms with Crippen LogP contribution in [0.4, 0.5) is 0 Å². The lowest BCUT2D eigenvalue weighted by atomic mass is 10.1. The molecule has 1 aromatic heterocycles. The van der Waals surface area contributed by atoms with Crippen LogP contribution in [0.15, 0.2) is 47.2 Å². The maximum Gasteiger partial charge on any atom is 0.152 e. The molecule has 0 radical (unpaired) electrons. The third-order valence-electron chi connectivity index (χ3n) is 2.32. The van der Waals surface area contributed by atoms with E-state index >= 15 is 0 Å². The number of aromatic nitrogens is 1. The number of pyridine rings is 1. The van der Waals surface area contributed by atoms with Crippen LogP contribution < -0.4 is 4.74 Å². The first-order valence-corrected chi connectivity index (χ1v) is 6.01. The maximum absolute atomic E-state index is 8.93. The Labute approximate surface area is 108 Å². The number of rotatable bonds is 4. The van der Waals surface area contributed by atoms with Crippen LogP contribution in [0.5, 0.6) is 5.75 Å². The predicted molar refractivity (Wildman–Crippen MR) is 68.6 cm³/mol. The van der Waals surface area contributed by atoms with Crippen molar-refractivity contribution in [2.24, 2.45) is 0 Å². The van der Waals surface area contributed by atoms with E-state index in [1.54, 1.807) is 6.20 Å². The highest BCUT2D eigenvalue weighted by molar-refractivity contribution is 9.10. The van der Waals surface area contributed by atoms with E-state index in [1.165, 1.54) is 0 Å². The topological polar surface area (TPSA) is 42.4 Å². The van der Waals surface area contributed by atoms with Crippen molar-refractivity contribution in [2.45, 2.75) is 13.2 Å². The molecule has 0 aliphatic rings. The van der Waals surface area contributed by atoms with Gasteiger partial charge in [-0.2, -0.15) is 0 Å². The quantitative estimate of drug-likeness (QED) is 0.882. The minimum absolute atomic E-state index is 0.0648. The van der Waals surface area contributed by atoms with Gasteiger partial charge in [-0.25, -0.2) is 4.98 Å². The van der Waals surface area contributed by atoms with Crippen molar-refractivity contribution >= 4 is 15.9 Å². The number of nitrogens with zero attached hydrogens (tertiary/aromatic N) is 1. The first-order chi connectivity index (χ1) is 8.29. The number of halogens is 1. The van der Waals surface area contributed by atoms with E-state index < -0.39 is 0 Å². The average molecular weight is 294 g/mol. The molecule has 0 saturated carbocycles. The minimum atomic E-state index is 0.0648. The molecule has 0 fully saturated rings. The van der Waals surface area contributed by atoms with Gasteiger partial charge in [0, 0.05) is 6.20 Å². The summed E-state index contributed by atoms with van der Waals surface area (Å²) in [6.45, 7) is 0.547. The van der Waals surface area contributed by atoms with Crippen LogP contribution in [0, 0.1) is 0 Å². The number of aliphatic hydroxyl groups excluding tert-OH is 1. The zero-order chi connectivity index (χ0) is 12.1. The van der Waals surface area contributed by atoms with Crippen molar-refractivity contribution in [3.05, 3.63) is 58.3 Å². The molecule has 0 atom stereocenters. The maximum atomic E-state index is 8.93. The second kappa shape index (κ2) is 5.80. The number of aliphatic hydroxyl groups is 1. The molecule has 2 rings (SSSR count). The normalized spacial score (nSPS) is 10.2. The third kappa shape index (κ3) is 3.28. The van der Waals surface area contributed by atoms with E-state index in [1.807, 2.05) is 36.4 Å². The monoisotopic (exact) mass is 293 g/mol. The Hall–Kier alpha value is -1.39. The Kier molecular flexibility index (Phi) is 4.12. The van der Waals surface area contributed by atoms with Gasteiger partial charge in [-0.15, -0.1) is 0 Å². The summed E-state index contributed by atoms with van der Waals surface area (Å²) in [7, 11) is 0. The second-order valence-electron chi connectivity index (χ2n) is 3.56. The highest BCUT2D eigenvalue weighted by Crippen LogP contribution is 2.22. The van der Waals surface area contributed by atoms with Crippen molar-refractivity contribution in [3.63, 3.8) is 0 Å². The number of benzene rings is 1. The first-order valence-electron chi connectivity index (χ1n) is 5.21. The fourth-order valence-electron chi connectivity index (χ4n) is 1.38. The van der Waals surface area contributed by atoms with E-state index in [-0.39, 0.29) is 6.61 Å². The number of hydrogen-bond donors (Lipinski definition) is 1. The van der Waals surface area contributed by atoms with Gasteiger partial charge in [0.15, 0.2) is 5.75 Å². The fraction of sp³-hybridized carbons (Fsp3) is 0.154. The van der Waals surface area contributed by atoms with Gasteiger partial charge in [0.2, 0.25) is 0 Å². The molecular formula is C13H12BrNO2. The van der Waals surface area contributed by atoms with Crippen molar-refractivity contribution < 1.29 is 9.84 Å². The van der Waals surface area contributed by atoms with E-state index in [2.05, 4.69) is 20.9 Å². The Morgan fingerprint density at radius 3 is 2.47 bits per heavy atom. The van der Waals surface area contributed by atoms with E-state index in [4.69, 9.17) is 9.84 Å². The van der Waals surface area contributed by atoms with Gasteiger partial charge in [-0.3, -0.25) is 0 Å². The van der Waals surface area contributed by atoms with Crippen molar-refractivity contribution in [1.82, 2.24) is 4.98 Å². The smallest absolute Gasteiger partial charge is 0.152 e. The summed E-state index contributed by atoms with van der Waals surface area (Å²) >= 11 is 3.32. The molecule has 1 aromatic carbocycles. The van der Waals surface area contributed by atoms with Crippen LogP contribution in [0.3, 0.4) is 0 Å². The molecular weight excluding hydrogens is 282 g/mol. The molecule has 0 bridgehead atoms. The summed E-state index contributed by atoms with van der Waals surface area (Å²) < 4.78 is 6.33. The summed E-state index contributed by atoms with van der Waals surface area (Å²) in [6, 6.07) is 11.3. The van der Waals surface area contributed by atoms with Gasteiger partial charge in [0.25, 0.3) is 0 Å². The van der Waals surface area contributed by atoms with Gasteiger partial charge in [0.1, 0.15) is 11.2 Å². The molecule has 3 nitrogen and oxygen atoms in total. The number of ether oxygens (including phenoxy) is 1. The minimum Gasteiger partial charge on any atom is -0.486 e. The van der Waals surface area contributed by atoms with Crippen LogP contribution in [0.2, 0.25) is 0 Å². The van der Waals surface area contributed by atoms with Crippen LogP contribution >= 0.6 is 15.9 Å². The number of hydrogen-bond acceptors (Lipinski definition) is 3. The third-order valence-corrected chi connectivity index (χ3v) is 2.92. The molecule has 17 heavy (non-hydrogen) atoms. The zero-order valence-corrected chi connectivity index (χ0v) is 10.7. The molecule has 0 unspecified atom stereocenters. The molecule has 0 aliphatic heterocycles. The molecule has 1 heterocycles. The summed E-state index contributed by atoms with van der Waals surface area (Å²) in [5, 5.41) is 8.93. The highest BCUT2D eigenvalue weighted by atomic mass is 79.9. The van der Waals surface area contributed by atoms with Gasteiger partial charge in [-0.1, -0.05) is 24.3 Å². The molecule has 88 valence electrons. The Morgan fingerprint density at radius 2 is 1.82 bits per heavy atom. The molecule has 0 saturated heterocycles. The molecule has 0 aliphatic carbocycles. The summed E-state index contributed by atoms with van der Waals surface area (Å²) in [6.07, 6.45) is 1.70. The van der Waals surface area contributed by atoms with Gasteiger partial charge in [0.05, 0.1) is 6.61 Å². The largest absolute Gasteiger partial charge is 0.486 e. The van der Waals surface area contributed by atoms with Crippen LogP contribution in [-0.2, 0) is 13.2 Å². The average Bonchev–Trinajstić information content (AvgIpc) is 2.38. The second-order valence-corrected chi connectivity index (χ2v) is 4.31. The highest BCUT2D eigenvalue weighted by Gasteiger charge is 2.01. The Bertz CT molecular complexity index is 485. The first kappa shape index (κ1) is 12.1. The summed E-state index contributed by atoms with van der Waals surface area (Å²) in [4.78, 5) is 4.08. The zero-order valence-electron chi connectivity index (χ0n) is 9.14. The summed E-state index contributed by atoms with van der Waals surface area (Å²) in [5.41, 5.74) is 1.95. The molecule has 1 N–H and O–H groups in total. The predicted octanol–water partition coefficient (Wildman–Crippen LogP) is 2.92. The van der Waals surface area contributed by atoms with Gasteiger partial charge in [-0.05, 0) is 39.2 Å². The lowest BCUT2D eigenvalue weighted by molar-refractivity contribution is 0.281. The van der Waals surface area contributed by atoms with Crippen molar-refractivity contribution in [3.8, 4) is 5.75 Å². The van der Waals surface area contributed by atoms with Gasteiger partial charge >= 0.3 is 0 Å². The Balaban J connectivity index is 2.00. The summed E-state index contributed by atoms with van der Waals surface area (Å²) in [5.74, 6) is 0.721. The fourth-order valence-corrected chi connectivity index (χ4v) is 1.75. The van der Waals surface area contributed by atoms with E-state index in [9.17, 15) is 0 Å². The van der Waals surface area contributed by atoms with Crippen LogP contribution in [-0.4, -0.2) is 10.1 Å². The van der Waals surface area contributed by atoms with Gasteiger partial charge < -0.3 is 9.84 Å². The molecule has 2 aromatic rings. The van der Waals surface area contributed by atoms with E-state index in [0.717, 1.165) is 16.9 Å². The molecule has 0 amide bonds. The van der Waals surface area contributed by atoms with Crippen molar-refractivity contribution in [2.75, 3.05) is 0 Å². The SMILES string of the molecule is OCc1ccc(COc2cccnc2Br)cc1.